The molecule has 1 amide bonds. The van der Waals surface area contributed by atoms with Gasteiger partial charge in [0.2, 0.25) is 7.85 Å². The zero-order valence-electron chi connectivity index (χ0n) is 7.65. The second-order valence-electron chi connectivity index (χ2n) is 2.52. The Labute approximate surface area is 82.0 Å². The lowest BCUT2D eigenvalue weighted by atomic mass is 10.1. The summed E-state index contributed by atoms with van der Waals surface area (Å²) < 4.78 is 4.34. The van der Waals surface area contributed by atoms with Gasteiger partial charge in [-0.25, -0.2) is 4.79 Å². The first-order valence-electron chi connectivity index (χ1n) is 3.83. The van der Waals surface area contributed by atoms with Crippen molar-refractivity contribution in [2.75, 3.05) is 7.11 Å². The van der Waals surface area contributed by atoms with E-state index in [0.717, 1.165) is 7.11 Å². The Bertz CT molecular complexity index is 242. The zero-order valence-corrected chi connectivity index (χ0v) is 7.65. The van der Waals surface area contributed by atoms with Crippen molar-refractivity contribution in [3.63, 3.8) is 0 Å². The SMILES string of the molecule is [B]C(=O)N[C@@H](CCC(=O)O)C(=O)OC. The number of aliphatic carboxylic acids is 1. The molecule has 76 valence electrons. The maximum atomic E-state index is 11.0. The van der Waals surface area contributed by atoms with Crippen molar-refractivity contribution in [1.82, 2.24) is 5.32 Å². The Morgan fingerprint density at radius 1 is 1.50 bits per heavy atom. The molecule has 1 atom stereocenters. The molecule has 0 aliphatic carbocycles. The minimum atomic E-state index is -1.06. The van der Waals surface area contributed by atoms with E-state index in [-0.39, 0.29) is 12.8 Å². The molecule has 0 fully saturated rings. The van der Waals surface area contributed by atoms with E-state index in [1.165, 1.54) is 0 Å². The van der Waals surface area contributed by atoms with Crippen molar-refractivity contribution in [3.05, 3.63) is 0 Å². The van der Waals surface area contributed by atoms with Gasteiger partial charge in [0, 0.05) is 6.42 Å². The molecule has 7 heteroatoms. The third-order valence-corrected chi connectivity index (χ3v) is 1.45. The first-order valence-corrected chi connectivity index (χ1v) is 3.83. The van der Waals surface area contributed by atoms with Crippen molar-refractivity contribution in [2.45, 2.75) is 18.9 Å². The average Bonchev–Trinajstić information content (AvgIpc) is 2.10. The number of rotatable bonds is 5. The summed E-state index contributed by atoms with van der Waals surface area (Å²) in [6.07, 6.45) is -0.301. The van der Waals surface area contributed by atoms with Crippen molar-refractivity contribution < 1.29 is 24.2 Å². The Kier molecular flexibility index (Phi) is 5.35. The number of ether oxygens (including phenoxy) is 1. The molecule has 0 aliphatic heterocycles. The predicted octanol–water partition coefficient (Wildman–Crippen LogP) is -0.729. The average molecular weight is 199 g/mol. The van der Waals surface area contributed by atoms with Crippen LogP contribution in [-0.2, 0) is 14.3 Å². The van der Waals surface area contributed by atoms with E-state index in [9.17, 15) is 14.4 Å². The molecule has 0 saturated carbocycles. The number of methoxy groups -OCH3 is 1. The zero-order chi connectivity index (χ0) is 11.1. The van der Waals surface area contributed by atoms with Crippen LogP contribution in [0.1, 0.15) is 12.8 Å². The van der Waals surface area contributed by atoms with E-state index in [0.29, 0.717) is 0 Å². The van der Waals surface area contributed by atoms with Crippen LogP contribution in [0, 0.1) is 0 Å². The molecule has 6 nitrogen and oxygen atoms in total. The lowest BCUT2D eigenvalue weighted by Gasteiger charge is -2.14. The molecule has 0 aromatic heterocycles. The summed E-state index contributed by atoms with van der Waals surface area (Å²) in [6, 6.07) is -1.01. The molecule has 0 aromatic rings. The molecule has 2 radical (unpaired) electrons. The van der Waals surface area contributed by atoms with Gasteiger partial charge in [-0.1, -0.05) is 0 Å². The highest BCUT2D eigenvalue weighted by molar-refractivity contribution is 6.57. The first-order chi connectivity index (χ1) is 6.47. The van der Waals surface area contributed by atoms with E-state index >= 15 is 0 Å². The Morgan fingerprint density at radius 2 is 2.07 bits per heavy atom. The number of hydrogen-bond acceptors (Lipinski definition) is 4. The highest BCUT2D eigenvalue weighted by atomic mass is 16.5. The molecule has 0 bridgehead atoms. The van der Waals surface area contributed by atoms with Crippen LogP contribution >= 0.6 is 0 Å². The van der Waals surface area contributed by atoms with Crippen LogP contribution in [0.25, 0.3) is 0 Å². The Hall–Kier alpha value is -1.53. The smallest absolute Gasteiger partial charge is 0.328 e. The fraction of sp³-hybridized carbons (Fsp3) is 0.571. The Morgan fingerprint density at radius 3 is 2.43 bits per heavy atom. The van der Waals surface area contributed by atoms with Gasteiger partial charge in [0.25, 0.3) is 0 Å². The molecule has 0 spiro atoms. The van der Waals surface area contributed by atoms with Crippen molar-refractivity contribution in [1.29, 1.82) is 0 Å². The summed E-state index contributed by atoms with van der Waals surface area (Å²) in [5.74, 6) is -2.68. The van der Waals surface area contributed by atoms with Gasteiger partial charge in [-0.2, -0.15) is 0 Å². The fourth-order valence-corrected chi connectivity index (χ4v) is 0.831. The number of carboxylic acid groups (broad SMARTS) is 1. The standard InChI is InChI=1S/C7H10BNO5/c1-14-6(12)4(9-7(8)13)2-3-5(10)11/h4H,2-3H2,1H3,(H,9,13)(H,10,11)/t4-/m0/s1. The number of hydrogen-bond donors (Lipinski definition) is 2. The maximum Gasteiger partial charge on any atom is 0.328 e. The molecule has 0 heterocycles. The number of carbonyl (C=O) groups excluding carboxylic acids is 2. The van der Waals surface area contributed by atoms with Crippen molar-refractivity contribution in [2.24, 2.45) is 0 Å². The van der Waals surface area contributed by atoms with Gasteiger partial charge in [0.15, 0.2) is 5.81 Å². The summed E-state index contributed by atoms with van der Waals surface area (Å²) >= 11 is 0. The van der Waals surface area contributed by atoms with Crippen LogP contribution in [0.4, 0.5) is 4.79 Å². The minimum Gasteiger partial charge on any atom is -0.481 e. The first kappa shape index (κ1) is 12.5. The molecule has 2 N–H and O–H groups in total. The molecular weight excluding hydrogens is 189 g/mol. The van der Waals surface area contributed by atoms with Gasteiger partial charge in [-0.3, -0.25) is 9.59 Å². The van der Waals surface area contributed by atoms with Crippen molar-refractivity contribution >= 4 is 25.6 Å². The predicted molar refractivity (Wildman–Crippen MR) is 47.0 cm³/mol. The normalized spacial score (nSPS) is 11.5. The van der Waals surface area contributed by atoms with E-state index in [2.05, 4.69) is 10.1 Å². The highest BCUT2D eigenvalue weighted by Gasteiger charge is 2.20. The second-order valence-corrected chi connectivity index (χ2v) is 2.52. The molecular formula is C7H10BNO5. The molecule has 14 heavy (non-hydrogen) atoms. The van der Waals surface area contributed by atoms with E-state index in [1.807, 2.05) is 0 Å². The third-order valence-electron chi connectivity index (χ3n) is 1.45. The number of nitrogens with one attached hydrogen (secondary N) is 1. The quantitative estimate of drug-likeness (QED) is 0.449. The number of esters is 1. The molecule has 0 unspecified atom stereocenters. The van der Waals surface area contributed by atoms with Crippen molar-refractivity contribution in [3.8, 4) is 0 Å². The van der Waals surface area contributed by atoms with Gasteiger partial charge in [-0.15, -0.1) is 0 Å². The Balaban J connectivity index is 4.17. The maximum absolute atomic E-state index is 11.0. The van der Waals surface area contributed by atoms with Crippen LogP contribution < -0.4 is 5.32 Å². The summed E-state index contributed by atoms with van der Waals surface area (Å²) in [5, 5.41) is 10.4. The van der Waals surface area contributed by atoms with Gasteiger partial charge in [-0.05, 0) is 6.42 Å². The van der Waals surface area contributed by atoms with Gasteiger partial charge in [0.1, 0.15) is 6.04 Å². The van der Waals surface area contributed by atoms with Gasteiger partial charge in [0.05, 0.1) is 7.11 Å². The number of carboxylic acids is 1. The molecule has 0 aromatic carbocycles. The monoisotopic (exact) mass is 199 g/mol. The summed E-state index contributed by atoms with van der Waals surface area (Å²) in [5.41, 5.74) is 0. The lowest BCUT2D eigenvalue weighted by Crippen LogP contribution is -2.41. The third kappa shape index (κ3) is 5.18. The minimum absolute atomic E-state index is 0.0506. The van der Waals surface area contributed by atoms with Gasteiger partial charge < -0.3 is 15.2 Å². The van der Waals surface area contributed by atoms with Crippen LogP contribution in [0.15, 0.2) is 0 Å². The van der Waals surface area contributed by atoms with Gasteiger partial charge >= 0.3 is 11.9 Å². The summed E-state index contributed by atoms with van der Waals surface area (Å²) in [4.78, 5) is 31.6. The highest BCUT2D eigenvalue weighted by Crippen LogP contribution is 1.99. The van der Waals surface area contributed by atoms with Crippen LogP contribution in [0.2, 0.25) is 0 Å². The van der Waals surface area contributed by atoms with Crippen LogP contribution in [0.5, 0.6) is 0 Å². The number of carbonyl (C=O) groups is 3. The lowest BCUT2D eigenvalue weighted by molar-refractivity contribution is -0.143. The summed E-state index contributed by atoms with van der Waals surface area (Å²) in [7, 11) is 5.92. The van der Waals surface area contributed by atoms with Crippen LogP contribution in [-0.4, -0.2) is 43.8 Å². The summed E-state index contributed by atoms with van der Waals surface area (Å²) in [6.45, 7) is 0. The van der Waals surface area contributed by atoms with E-state index in [4.69, 9.17) is 13.0 Å². The fourth-order valence-electron chi connectivity index (χ4n) is 0.831. The van der Waals surface area contributed by atoms with E-state index in [1.54, 1.807) is 0 Å². The van der Waals surface area contributed by atoms with E-state index < -0.39 is 23.8 Å². The number of amides is 1. The van der Waals surface area contributed by atoms with Crippen LogP contribution in [0.3, 0.4) is 0 Å². The molecule has 0 aliphatic rings. The largest absolute Gasteiger partial charge is 0.481 e. The second kappa shape index (κ2) is 6.01. The molecule has 0 saturated heterocycles. The topological polar surface area (TPSA) is 92.7 Å². The molecule has 0 rings (SSSR count).